The maximum Gasteiger partial charge on any atom is 0.164 e. The zero-order valence-corrected chi connectivity index (χ0v) is 17.2. The lowest BCUT2D eigenvalue weighted by Gasteiger charge is -2.26. The minimum atomic E-state index is -3.03. The molecule has 2 aliphatic rings. The van der Waals surface area contributed by atoms with Gasteiger partial charge >= 0.3 is 0 Å². The number of thioether (sulfide) groups is 1. The molecule has 0 N–H and O–H groups in total. The van der Waals surface area contributed by atoms with Crippen LogP contribution in [0.4, 0.5) is 5.69 Å². The molecule has 4 rings (SSSR count). The molecule has 1 saturated heterocycles. The number of fused-ring (bicyclic) bond motifs is 1. The largest absolute Gasteiger partial charge is 0.315 e. The molecule has 0 unspecified atom stereocenters. The minimum absolute atomic E-state index is 0.120. The number of hydrogen-bond donors (Lipinski definition) is 0. The van der Waals surface area contributed by atoms with Crippen molar-refractivity contribution in [3.05, 3.63) is 65.2 Å². The summed E-state index contributed by atoms with van der Waals surface area (Å²) >= 11 is 7.88. The number of hydrogen-bond acceptors (Lipinski definition) is 5. The molecule has 1 fully saturated rings. The van der Waals surface area contributed by atoms with Crippen molar-refractivity contribution in [2.45, 2.75) is 24.9 Å². The Hall–Kier alpha value is -1.50. The van der Waals surface area contributed by atoms with E-state index < -0.39 is 9.84 Å². The van der Waals surface area contributed by atoms with Crippen molar-refractivity contribution in [3.63, 3.8) is 0 Å². The number of aryl methyl sites for hydroxylation is 1. The summed E-state index contributed by atoms with van der Waals surface area (Å²) < 4.78 is 24.2. The molecule has 142 valence electrons. The maximum atomic E-state index is 12.1. The van der Waals surface area contributed by atoms with Crippen molar-refractivity contribution in [3.8, 4) is 0 Å². The van der Waals surface area contributed by atoms with Gasteiger partial charge in [-0.25, -0.2) is 8.42 Å². The molecule has 2 aliphatic heterocycles. The van der Waals surface area contributed by atoms with Crippen LogP contribution in [0.2, 0.25) is 5.02 Å². The molecule has 0 aromatic heterocycles. The number of amidine groups is 1. The second-order valence-corrected chi connectivity index (χ2v) is 10.6. The summed E-state index contributed by atoms with van der Waals surface area (Å²) in [6, 6.07) is 17.7. The lowest BCUT2D eigenvalue weighted by Crippen LogP contribution is -2.39. The van der Waals surface area contributed by atoms with Crippen LogP contribution in [-0.4, -0.2) is 42.9 Å². The van der Waals surface area contributed by atoms with E-state index in [0.717, 1.165) is 29.4 Å². The molecule has 2 atom stereocenters. The molecule has 0 spiro atoms. The van der Waals surface area contributed by atoms with E-state index in [1.54, 1.807) is 11.8 Å². The van der Waals surface area contributed by atoms with Gasteiger partial charge in [0.1, 0.15) is 0 Å². The first kappa shape index (κ1) is 18.8. The third kappa shape index (κ3) is 4.33. The predicted molar refractivity (Wildman–Crippen MR) is 115 cm³/mol. The minimum Gasteiger partial charge on any atom is -0.315 e. The second kappa shape index (κ2) is 7.86. The zero-order valence-electron chi connectivity index (χ0n) is 14.8. The predicted octanol–water partition coefficient (Wildman–Crippen LogP) is 4.05. The quantitative estimate of drug-likeness (QED) is 0.685. The molecule has 0 bridgehead atoms. The van der Waals surface area contributed by atoms with Crippen molar-refractivity contribution in [1.29, 1.82) is 0 Å². The number of sulfone groups is 1. The highest BCUT2D eigenvalue weighted by molar-refractivity contribution is 8.14. The fourth-order valence-corrected chi connectivity index (χ4v) is 6.74. The van der Waals surface area contributed by atoms with Gasteiger partial charge < -0.3 is 4.90 Å². The van der Waals surface area contributed by atoms with E-state index in [4.69, 9.17) is 16.6 Å². The van der Waals surface area contributed by atoms with Crippen LogP contribution in [0.25, 0.3) is 0 Å². The van der Waals surface area contributed by atoms with Gasteiger partial charge in [0.25, 0.3) is 0 Å². The van der Waals surface area contributed by atoms with E-state index in [2.05, 4.69) is 29.2 Å². The molecule has 7 heteroatoms. The van der Waals surface area contributed by atoms with E-state index in [0.29, 0.717) is 5.02 Å². The zero-order chi connectivity index (χ0) is 18.9. The second-order valence-electron chi connectivity index (χ2n) is 6.91. The summed E-state index contributed by atoms with van der Waals surface area (Å²) in [6.45, 7) is 0. The molecule has 2 heterocycles. The van der Waals surface area contributed by atoms with Gasteiger partial charge in [-0.3, -0.25) is 4.99 Å². The van der Waals surface area contributed by atoms with Gasteiger partial charge in [-0.2, -0.15) is 0 Å². The Morgan fingerprint density at radius 1 is 1.11 bits per heavy atom. The van der Waals surface area contributed by atoms with Crippen molar-refractivity contribution in [2.24, 2.45) is 4.99 Å². The summed E-state index contributed by atoms with van der Waals surface area (Å²) in [7, 11) is -3.03. The van der Waals surface area contributed by atoms with Crippen LogP contribution < -0.4 is 4.90 Å². The molecular formula is C20H21ClN2O2S2. The third-order valence-electron chi connectivity index (χ3n) is 4.88. The summed E-state index contributed by atoms with van der Waals surface area (Å²) in [5.74, 6) is 1.24. The monoisotopic (exact) mass is 420 g/mol. The van der Waals surface area contributed by atoms with Gasteiger partial charge in [0, 0.05) is 16.5 Å². The lowest BCUT2D eigenvalue weighted by atomic mass is 10.1. The Morgan fingerprint density at radius 3 is 2.70 bits per heavy atom. The third-order valence-corrected chi connectivity index (χ3v) is 7.86. The van der Waals surface area contributed by atoms with Crippen molar-refractivity contribution < 1.29 is 8.42 Å². The summed E-state index contributed by atoms with van der Waals surface area (Å²) in [6.07, 6.45) is 2.07. The Labute approximate surface area is 169 Å². The van der Waals surface area contributed by atoms with Crippen molar-refractivity contribution in [2.75, 3.05) is 22.2 Å². The van der Waals surface area contributed by atoms with E-state index in [-0.39, 0.29) is 23.6 Å². The molecular weight excluding hydrogens is 400 g/mol. The fraction of sp³-hybridized carbons (Fsp3) is 0.350. The number of nitrogens with zero attached hydrogens (tertiary/aromatic N) is 2. The number of halogens is 1. The van der Waals surface area contributed by atoms with Crippen LogP contribution in [-0.2, 0) is 16.3 Å². The number of anilines is 1. The highest BCUT2D eigenvalue weighted by Crippen LogP contribution is 2.36. The van der Waals surface area contributed by atoms with Crippen molar-refractivity contribution >= 4 is 44.1 Å². The Morgan fingerprint density at radius 2 is 1.93 bits per heavy atom. The summed E-state index contributed by atoms with van der Waals surface area (Å²) in [5, 5.41) is 1.56. The van der Waals surface area contributed by atoms with E-state index in [1.807, 2.05) is 30.3 Å². The Bertz CT molecular complexity index is 947. The summed E-state index contributed by atoms with van der Waals surface area (Å²) in [4.78, 5) is 6.84. The average Bonchev–Trinajstić information content (AvgIpc) is 3.10. The molecule has 4 nitrogen and oxygen atoms in total. The van der Waals surface area contributed by atoms with Crippen LogP contribution in [0, 0.1) is 0 Å². The summed E-state index contributed by atoms with van der Waals surface area (Å²) in [5.41, 5.74) is 2.25. The van der Waals surface area contributed by atoms with Gasteiger partial charge in [0.15, 0.2) is 15.0 Å². The van der Waals surface area contributed by atoms with Gasteiger partial charge in [-0.1, -0.05) is 59.8 Å². The van der Waals surface area contributed by atoms with Gasteiger partial charge in [-0.15, -0.1) is 0 Å². The Balaban J connectivity index is 1.47. The first-order chi connectivity index (χ1) is 13.0. The van der Waals surface area contributed by atoms with Crippen LogP contribution >= 0.6 is 23.4 Å². The molecule has 0 amide bonds. The fourth-order valence-electron chi connectivity index (χ4n) is 3.65. The maximum absolute atomic E-state index is 12.1. The van der Waals surface area contributed by atoms with Gasteiger partial charge in [0.05, 0.1) is 23.6 Å². The molecule has 0 saturated carbocycles. The van der Waals surface area contributed by atoms with E-state index in [1.165, 1.54) is 5.56 Å². The van der Waals surface area contributed by atoms with Crippen LogP contribution in [0.3, 0.4) is 0 Å². The van der Waals surface area contributed by atoms with Crippen LogP contribution in [0.15, 0.2) is 59.6 Å². The molecule has 0 aliphatic carbocycles. The SMILES string of the molecule is O=S1(=O)C[C@@H]2[C@@H](C1)N=C(SCCCc1ccccc1)N2c1cccc(Cl)c1. The van der Waals surface area contributed by atoms with Gasteiger partial charge in [0.2, 0.25) is 0 Å². The molecule has 2 aromatic carbocycles. The first-order valence-electron chi connectivity index (χ1n) is 9.02. The standard InChI is InChI=1S/C20H21ClN2O2S2/c21-16-9-4-10-17(12-16)23-19-14-27(24,25)13-18(19)22-20(23)26-11-5-8-15-6-2-1-3-7-15/h1-4,6-7,9-10,12,18-19H,5,8,11,13-14H2/t18-,19-/m1/s1. The lowest BCUT2D eigenvalue weighted by molar-refractivity contribution is 0.601. The smallest absolute Gasteiger partial charge is 0.164 e. The number of aliphatic imine (C=N–C) groups is 1. The van der Waals surface area contributed by atoms with E-state index >= 15 is 0 Å². The first-order valence-corrected chi connectivity index (χ1v) is 12.2. The highest BCUT2D eigenvalue weighted by atomic mass is 35.5. The molecule has 2 aromatic rings. The molecule has 27 heavy (non-hydrogen) atoms. The van der Waals surface area contributed by atoms with Gasteiger partial charge in [-0.05, 0) is 36.6 Å². The van der Waals surface area contributed by atoms with Crippen molar-refractivity contribution in [1.82, 2.24) is 0 Å². The van der Waals surface area contributed by atoms with Crippen LogP contribution in [0.5, 0.6) is 0 Å². The Kier molecular flexibility index (Phi) is 5.48. The highest BCUT2D eigenvalue weighted by Gasteiger charge is 2.47. The molecule has 0 radical (unpaired) electrons. The van der Waals surface area contributed by atoms with Crippen LogP contribution in [0.1, 0.15) is 12.0 Å². The normalized spacial score (nSPS) is 23.3. The average molecular weight is 421 g/mol. The van der Waals surface area contributed by atoms with E-state index in [9.17, 15) is 8.42 Å². The number of benzene rings is 2. The number of rotatable bonds is 5. The topological polar surface area (TPSA) is 49.7 Å².